The molecule has 7 nitrogen and oxygen atoms in total. The number of hydrogen-bond donors (Lipinski definition) is 3. The second kappa shape index (κ2) is 6.49. The van der Waals surface area contributed by atoms with E-state index in [9.17, 15) is 19.2 Å². The molecule has 1 unspecified atom stereocenters. The predicted molar refractivity (Wildman–Crippen MR) is 76.6 cm³/mol. The molecule has 21 heavy (non-hydrogen) atoms. The molecule has 0 aromatic carbocycles. The summed E-state index contributed by atoms with van der Waals surface area (Å²) in [6, 6.07) is 1.04. The van der Waals surface area contributed by atoms with Gasteiger partial charge in [0.15, 0.2) is 0 Å². The first-order valence-electron chi connectivity index (χ1n) is 6.42. The van der Waals surface area contributed by atoms with Crippen LogP contribution in [0.1, 0.15) is 24.6 Å². The highest BCUT2D eigenvalue weighted by Crippen LogP contribution is 2.23. The molecule has 3 N–H and O–H groups in total. The number of hydrogen-bond acceptors (Lipinski definition) is 5. The van der Waals surface area contributed by atoms with Crippen molar-refractivity contribution >= 4 is 40.7 Å². The summed E-state index contributed by atoms with van der Waals surface area (Å²) in [5, 5.41) is 9.21. The van der Waals surface area contributed by atoms with Crippen LogP contribution in [0.5, 0.6) is 0 Å². The minimum absolute atomic E-state index is 0.0744. The van der Waals surface area contributed by atoms with Gasteiger partial charge < -0.3 is 10.6 Å². The van der Waals surface area contributed by atoms with E-state index in [1.165, 1.54) is 18.3 Å². The van der Waals surface area contributed by atoms with Crippen molar-refractivity contribution in [1.29, 1.82) is 0 Å². The van der Waals surface area contributed by atoms with E-state index in [1.807, 2.05) is 0 Å². The zero-order chi connectivity index (χ0) is 15.4. The third-order valence-electron chi connectivity index (χ3n) is 2.95. The smallest absolute Gasteiger partial charge is 0.249 e. The molecule has 1 saturated heterocycles. The van der Waals surface area contributed by atoms with Crippen LogP contribution in [0.3, 0.4) is 0 Å². The molecule has 1 aliphatic heterocycles. The van der Waals surface area contributed by atoms with Crippen molar-refractivity contribution in [3.05, 3.63) is 16.3 Å². The molecule has 1 fully saturated rings. The van der Waals surface area contributed by atoms with Gasteiger partial charge in [-0.2, -0.15) is 0 Å². The predicted octanol–water partition coefficient (Wildman–Crippen LogP) is 0.170. The number of rotatable bonds is 4. The summed E-state index contributed by atoms with van der Waals surface area (Å²) < 4.78 is 0. The average Bonchev–Trinajstić information content (AvgIpc) is 2.79. The SMILES string of the molecule is CC(=O)Nc1ccsc1CC(=O)NC1CCC(=O)NC1=O. The van der Waals surface area contributed by atoms with Gasteiger partial charge in [0.05, 0.1) is 12.1 Å². The molecule has 2 rings (SSSR count). The fourth-order valence-electron chi connectivity index (χ4n) is 2.00. The number of amides is 4. The molecule has 0 aliphatic carbocycles. The average molecular weight is 309 g/mol. The fourth-order valence-corrected chi connectivity index (χ4v) is 2.83. The number of nitrogens with one attached hydrogen (secondary N) is 3. The van der Waals surface area contributed by atoms with E-state index >= 15 is 0 Å². The molecule has 2 heterocycles. The summed E-state index contributed by atoms with van der Waals surface area (Å²) in [6.07, 6.45) is 0.594. The highest BCUT2D eigenvalue weighted by atomic mass is 32.1. The molecule has 0 saturated carbocycles. The van der Waals surface area contributed by atoms with Crippen molar-refractivity contribution in [3.63, 3.8) is 0 Å². The van der Waals surface area contributed by atoms with Crippen molar-refractivity contribution in [3.8, 4) is 0 Å². The van der Waals surface area contributed by atoms with Gasteiger partial charge in [-0.05, 0) is 17.9 Å². The monoisotopic (exact) mass is 309 g/mol. The van der Waals surface area contributed by atoms with Gasteiger partial charge in [0.25, 0.3) is 0 Å². The Bertz CT molecular complexity index is 596. The van der Waals surface area contributed by atoms with Crippen LogP contribution in [0.15, 0.2) is 11.4 Å². The van der Waals surface area contributed by atoms with Gasteiger partial charge in [-0.25, -0.2) is 0 Å². The lowest BCUT2D eigenvalue weighted by molar-refractivity contribution is -0.137. The Hall–Kier alpha value is -2.22. The zero-order valence-electron chi connectivity index (χ0n) is 11.4. The Labute approximate surface area is 125 Å². The molecule has 4 amide bonds. The molecule has 112 valence electrons. The Morgan fingerprint density at radius 2 is 2.19 bits per heavy atom. The largest absolute Gasteiger partial charge is 0.344 e. The van der Waals surface area contributed by atoms with E-state index in [-0.39, 0.29) is 30.6 Å². The van der Waals surface area contributed by atoms with Crippen LogP contribution in [0.25, 0.3) is 0 Å². The summed E-state index contributed by atoms with van der Waals surface area (Å²) in [4.78, 5) is 46.3. The number of thiophene rings is 1. The molecular weight excluding hydrogens is 294 g/mol. The maximum absolute atomic E-state index is 12.0. The lowest BCUT2D eigenvalue weighted by atomic mass is 10.1. The van der Waals surface area contributed by atoms with Gasteiger partial charge in [0.1, 0.15) is 6.04 Å². The van der Waals surface area contributed by atoms with Crippen LogP contribution >= 0.6 is 11.3 Å². The van der Waals surface area contributed by atoms with Crippen LogP contribution in [0, 0.1) is 0 Å². The zero-order valence-corrected chi connectivity index (χ0v) is 12.2. The quantitative estimate of drug-likeness (QED) is 0.690. The van der Waals surface area contributed by atoms with Crippen LogP contribution in [-0.2, 0) is 25.6 Å². The molecule has 0 radical (unpaired) electrons. The number of carbonyl (C=O) groups excluding carboxylic acids is 4. The lowest BCUT2D eigenvalue weighted by Crippen LogP contribution is -2.52. The lowest BCUT2D eigenvalue weighted by Gasteiger charge is -2.21. The van der Waals surface area contributed by atoms with Crippen molar-refractivity contribution < 1.29 is 19.2 Å². The standard InChI is InChI=1S/C13H15N3O4S/c1-7(17)14-8-4-5-21-10(8)6-12(19)15-9-2-3-11(18)16-13(9)20/h4-5,9H,2-3,6H2,1H3,(H,14,17)(H,15,19)(H,16,18,20). The normalized spacial score (nSPS) is 18.0. The van der Waals surface area contributed by atoms with E-state index in [2.05, 4.69) is 16.0 Å². The molecule has 0 spiro atoms. The van der Waals surface area contributed by atoms with E-state index < -0.39 is 11.9 Å². The molecule has 1 aromatic rings. The van der Waals surface area contributed by atoms with Gasteiger partial charge >= 0.3 is 0 Å². The Morgan fingerprint density at radius 1 is 1.43 bits per heavy atom. The summed E-state index contributed by atoms with van der Waals surface area (Å²) in [5.74, 6) is -1.33. The summed E-state index contributed by atoms with van der Waals surface area (Å²) in [6.45, 7) is 1.39. The highest BCUT2D eigenvalue weighted by Gasteiger charge is 2.27. The molecule has 1 aromatic heterocycles. The Kier molecular flexibility index (Phi) is 4.69. The second-order valence-electron chi connectivity index (χ2n) is 4.69. The molecular formula is C13H15N3O4S. The Balaban J connectivity index is 1.93. The number of anilines is 1. The number of imide groups is 1. The molecule has 0 bridgehead atoms. The van der Waals surface area contributed by atoms with Gasteiger partial charge in [-0.3, -0.25) is 24.5 Å². The third-order valence-corrected chi connectivity index (χ3v) is 3.87. The van der Waals surface area contributed by atoms with Gasteiger partial charge in [-0.1, -0.05) is 0 Å². The second-order valence-corrected chi connectivity index (χ2v) is 5.69. The van der Waals surface area contributed by atoms with Crippen LogP contribution < -0.4 is 16.0 Å². The van der Waals surface area contributed by atoms with E-state index in [4.69, 9.17) is 0 Å². The molecule has 1 aliphatic rings. The van der Waals surface area contributed by atoms with Crippen LogP contribution in [-0.4, -0.2) is 29.7 Å². The maximum Gasteiger partial charge on any atom is 0.249 e. The van der Waals surface area contributed by atoms with E-state index in [1.54, 1.807) is 11.4 Å². The van der Waals surface area contributed by atoms with Gasteiger partial charge in [0.2, 0.25) is 23.6 Å². The fraction of sp³-hybridized carbons (Fsp3) is 0.385. The minimum atomic E-state index is -0.681. The summed E-state index contributed by atoms with van der Waals surface area (Å²) >= 11 is 1.35. The first-order chi connectivity index (χ1) is 9.95. The van der Waals surface area contributed by atoms with E-state index in [0.717, 1.165) is 4.88 Å². The van der Waals surface area contributed by atoms with Crippen LogP contribution in [0.4, 0.5) is 5.69 Å². The number of carbonyl (C=O) groups is 4. The van der Waals surface area contributed by atoms with Gasteiger partial charge in [-0.15, -0.1) is 11.3 Å². The third kappa shape index (κ3) is 4.12. The van der Waals surface area contributed by atoms with Crippen molar-refractivity contribution in [1.82, 2.24) is 10.6 Å². The van der Waals surface area contributed by atoms with Crippen molar-refractivity contribution in [2.75, 3.05) is 5.32 Å². The molecule has 1 atom stereocenters. The topological polar surface area (TPSA) is 104 Å². The first-order valence-corrected chi connectivity index (χ1v) is 7.30. The first kappa shape index (κ1) is 15.2. The van der Waals surface area contributed by atoms with Crippen molar-refractivity contribution in [2.45, 2.75) is 32.2 Å². The van der Waals surface area contributed by atoms with E-state index in [0.29, 0.717) is 12.1 Å². The van der Waals surface area contributed by atoms with Crippen LogP contribution in [0.2, 0.25) is 0 Å². The maximum atomic E-state index is 12.0. The minimum Gasteiger partial charge on any atom is -0.344 e. The Morgan fingerprint density at radius 3 is 2.86 bits per heavy atom. The number of piperidine rings is 1. The summed E-state index contributed by atoms with van der Waals surface area (Å²) in [5.41, 5.74) is 0.603. The summed E-state index contributed by atoms with van der Waals surface area (Å²) in [7, 11) is 0. The molecule has 8 heteroatoms. The van der Waals surface area contributed by atoms with Crippen molar-refractivity contribution in [2.24, 2.45) is 0 Å². The highest BCUT2D eigenvalue weighted by molar-refractivity contribution is 7.10. The van der Waals surface area contributed by atoms with Gasteiger partial charge in [0, 0.05) is 18.2 Å².